The lowest BCUT2D eigenvalue weighted by molar-refractivity contribution is -0.133. The van der Waals surface area contributed by atoms with Crippen LogP contribution in [0.1, 0.15) is 27.7 Å². The van der Waals surface area contributed by atoms with E-state index in [0.717, 1.165) is 23.1 Å². The number of ether oxygens (including phenoxy) is 1. The van der Waals surface area contributed by atoms with Gasteiger partial charge in [-0.05, 0) is 48.9 Å². The van der Waals surface area contributed by atoms with Gasteiger partial charge in [0, 0.05) is 10.4 Å². The molecule has 0 saturated carbocycles. The van der Waals surface area contributed by atoms with Crippen LogP contribution in [0, 0.1) is 0 Å². The van der Waals surface area contributed by atoms with Gasteiger partial charge in [0.15, 0.2) is 5.78 Å². The molecular weight excluding hydrogens is 434 g/mol. The van der Waals surface area contributed by atoms with Crippen LogP contribution in [0.5, 0.6) is 11.5 Å². The van der Waals surface area contributed by atoms with Crippen molar-refractivity contribution >= 4 is 45.8 Å². The summed E-state index contributed by atoms with van der Waals surface area (Å²) in [6.07, 6.45) is 0.735. The second-order valence-electron chi connectivity index (χ2n) is 6.51. The lowest BCUT2D eigenvalue weighted by atomic mass is 10.0. The molecule has 3 aromatic rings. The Morgan fingerprint density at radius 2 is 1.68 bits per heavy atom. The highest BCUT2D eigenvalue weighted by atomic mass is 32.2. The third-order valence-corrected chi connectivity index (χ3v) is 6.30. The second kappa shape index (κ2) is 10.8. The lowest BCUT2D eigenvalue weighted by Gasteiger charge is -2.08. The van der Waals surface area contributed by atoms with Crippen LogP contribution >= 0.6 is 23.1 Å². The molecule has 0 radical (unpaired) electrons. The highest BCUT2D eigenvalue weighted by Crippen LogP contribution is 2.31. The highest BCUT2D eigenvalue weighted by molar-refractivity contribution is 8.00. The van der Waals surface area contributed by atoms with E-state index < -0.39 is 5.97 Å². The molecule has 0 bridgehead atoms. The highest BCUT2D eigenvalue weighted by Gasteiger charge is 2.19. The molecule has 0 saturated heterocycles. The molecule has 1 amide bonds. The fourth-order valence-corrected chi connectivity index (χ4v) is 4.27. The monoisotopic (exact) mass is 455 g/mol. The molecule has 8 heteroatoms. The molecular formula is C23H21NO5S2. The predicted molar refractivity (Wildman–Crippen MR) is 124 cm³/mol. The number of carboxylic acids is 1. The number of benzene rings is 2. The maximum atomic E-state index is 13.1. The molecule has 1 aromatic heterocycles. The minimum absolute atomic E-state index is 0.00477. The SMILES string of the molecule is CCc1cc(C(=O)c2ccc(Oc3ccccc3)cc2)c(NC(=O)CSCC(=O)O)s1. The number of hydrogen-bond donors (Lipinski definition) is 2. The minimum Gasteiger partial charge on any atom is -0.481 e. The van der Waals surface area contributed by atoms with E-state index in [2.05, 4.69) is 5.32 Å². The summed E-state index contributed by atoms with van der Waals surface area (Å²) in [5.74, 6) is -0.333. The number of nitrogens with one attached hydrogen (secondary N) is 1. The lowest BCUT2D eigenvalue weighted by Crippen LogP contribution is -2.16. The van der Waals surface area contributed by atoms with Crippen LogP contribution in [0.25, 0.3) is 0 Å². The number of amides is 1. The maximum Gasteiger partial charge on any atom is 0.313 e. The fourth-order valence-electron chi connectivity index (χ4n) is 2.73. The largest absolute Gasteiger partial charge is 0.481 e. The van der Waals surface area contributed by atoms with Gasteiger partial charge < -0.3 is 15.2 Å². The van der Waals surface area contributed by atoms with E-state index in [1.54, 1.807) is 30.3 Å². The molecule has 31 heavy (non-hydrogen) atoms. The molecule has 0 aliphatic rings. The number of rotatable bonds is 10. The molecule has 0 atom stereocenters. The Bertz CT molecular complexity index is 1060. The Morgan fingerprint density at radius 3 is 2.32 bits per heavy atom. The third kappa shape index (κ3) is 6.44. The number of hydrogen-bond acceptors (Lipinski definition) is 6. The summed E-state index contributed by atoms with van der Waals surface area (Å²) in [6.45, 7) is 1.98. The molecule has 6 nitrogen and oxygen atoms in total. The minimum atomic E-state index is -0.974. The standard InChI is InChI=1S/C23H21NO5S2/c1-2-18-12-19(23(31-18)24-20(25)13-30-14-21(26)27)22(28)15-8-10-17(11-9-15)29-16-6-4-3-5-7-16/h3-12H,2,13-14H2,1H3,(H,24,25)(H,26,27). The summed E-state index contributed by atoms with van der Waals surface area (Å²) < 4.78 is 5.76. The molecule has 0 aliphatic carbocycles. The molecule has 1 heterocycles. The Balaban J connectivity index is 1.72. The molecule has 2 N–H and O–H groups in total. The van der Waals surface area contributed by atoms with Crippen LogP contribution in [-0.4, -0.2) is 34.3 Å². The summed E-state index contributed by atoms with van der Waals surface area (Å²) >= 11 is 2.36. The zero-order valence-corrected chi connectivity index (χ0v) is 18.4. The van der Waals surface area contributed by atoms with Gasteiger partial charge in [-0.25, -0.2) is 0 Å². The van der Waals surface area contributed by atoms with Crippen molar-refractivity contribution in [3.05, 3.63) is 76.7 Å². The van der Waals surface area contributed by atoms with Gasteiger partial charge in [0.1, 0.15) is 16.5 Å². The topological polar surface area (TPSA) is 92.7 Å². The average Bonchev–Trinajstić information content (AvgIpc) is 3.17. The van der Waals surface area contributed by atoms with Crippen LogP contribution in [0.2, 0.25) is 0 Å². The van der Waals surface area contributed by atoms with Crippen LogP contribution in [0.4, 0.5) is 5.00 Å². The number of thiophene rings is 1. The molecule has 160 valence electrons. The van der Waals surface area contributed by atoms with Gasteiger partial charge in [0.2, 0.25) is 5.91 Å². The van der Waals surface area contributed by atoms with Gasteiger partial charge >= 0.3 is 5.97 Å². The summed E-state index contributed by atoms with van der Waals surface area (Å²) in [5, 5.41) is 11.9. The Labute approximate surface area is 188 Å². The Morgan fingerprint density at radius 1 is 1.00 bits per heavy atom. The normalized spacial score (nSPS) is 10.5. The van der Waals surface area contributed by atoms with Crippen molar-refractivity contribution in [3.8, 4) is 11.5 Å². The maximum absolute atomic E-state index is 13.1. The van der Waals surface area contributed by atoms with Gasteiger partial charge in [-0.2, -0.15) is 0 Å². The summed E-state index contributed by atoms with van der Waals surface area (Å²) in [7, 11) is 0. The van der Waals surface area contributed by atoms with E-state index in [-0.39, 0.29) is 23.2 Å². The first-order valence-electron chi connectivity index (χ1n) is 9.56. The quantitative estimate of drug-likeness (QED) is 0.414. The smallest absolute Gasteiger partial charge is 0.313 e. The Hall–Kier alpha value is -3.10. The van der Waals surface area contributed by atoms with Gasteiger partial charge in [-0.3, -0.25) is 14.4 Å². The van der Waals surface area contributed by atoms with Gasteiger partial charge in [0.05, 0.1) is 17.1 Å². The third-order valence-electron chi connectivity index (χ3n) is 4.18. The summed E-state index contributed by atoms with van der Waals surface area (Å²) in [4.78, 5) is 36.8. The number of thioether (sulfide) groups is 1. The first kappa shape index (κ1) is 22.6. The first-order valence-corrected chi connectivity index (χ1v) is 11.5. The zero-order chi connectivity index (χ0) is 22.2. The van der Waals surface area contributed by atoms with Crippen LogP contribution in [-0.2, 0) is 16.0 Å². The number of anilines is 1. The average molecular weight is 456 g/mol. The molecule has 0 fully saturated rings. The number of carbonyl (C=O) groups excluding carboxylic acids is 2. The zero-order valence-electron chi connectivity index (χ0n) is 16.8. The van der Waals surface area contributed by atoms with Gasteiger partial charge in [-0.1, -0.05) is 25.1 Å². The van der Waals surface area contributed by atoms with E-state index in [9.17, 15) is 14.4 Å². The number of ketones is 1. The number of aryl methyl sites for hydroxylation is 1. The Kier molecular flexibility index (Phi) is 7.86. The summed E-state index contributed by atoms with van der Waals surface area (Å²) in [5.41, 5.74) is 0.909. The van der Waals surface area contributed by atoms with Crippen LogP contribution < -0.4 is 10.1 Å². The number of aliphatic carboxylic acids is 1. The van der Waals surface area contributed by atoms with E-state index in [1.807, 2.05) is 37.3 Å². The van der Waals surface area contributed by atoms with Crippen LogP contribution in [0.15, 0.2) is 60.7 Å². The predicted octanol–water partition coefficient (Wildman–Crippen LogP) is 5.09. The van der Waals surface area contributed by atoms with E-state index in [0.29, 0.717) is 27.6 Å². The number of carboxylic acid groups (broad SMARTS) is 1. The summed E-state index contributed by atoms with van der Waals surface area (Å²) in [6, 6.07) is 18.0. The first-order chi connectivity index (χ1) is 15.0. The molecule has 2 aromatic carbocycles. The second-order valence-corrected chi connectivity index (χ2v) is 8.63. The van der Waals surface area contributed by atoms with Crippen molar-refractivity contribution in [2.45, 2.75) is 13.3 Å². The molecule has 0 aliphatic heterocycles. The van der Waals surface area contributed by atoms with E-state index in [4.69, 9.17) is 9.84 Å². The van der Waals surface area contributed by atoms with E-state index >= 15 is 0 Å². The van der Waals surface area contributed by atoms with Crippen molar-refractivity contribution in [3.63, 3.8) is 0 Å². The fraction of sp³-hybridized carbons (Fsp3) is 0.174. The van der Waals surface area contributed by atoms with E-state index in [1.165, 1.54) is 11.3 Å². The number of carbonyl (C=O) groups is 3. The number of para-hydroxylation sites is 1. The molecule has 0 spiro atoms. The molecule has 3 rings (SSSR count). The van der Waals surface area contributed by atoms with Gasteiger partial charge in [-0.15, -0.1) is 23.1 Å². The van der Waals surface area contributed by atoms with Crippen molar-refractivity contribution in [1.29, 1.82) is 0 Å². The van der Waals surface area contributed by atoms with Crippen LogP contribution in [0.3, 0.4) is 0 Å². The van der Waals surface area contributed by atoms with Crippen molar-refractivity contribution in [1.82, 2.24) is 0 Å². The van der Waals surface area contributed by atoms with Crippen molar-refractivity contribution < 1.29 is 24.2 Å². The van der Waals surface area contributed by atoms with Crippen molar-refractivity contribution in [2.75, 3.05) is 16.8 Å². The van der Waals surface area contributed by atoms with Gasteiger partial charge in [0.25, 0.3) is 0 Å². The van der Waals surface area contributed by atoms with Crippen molar-refractivity contribution in [2.24, 2.45) is 0 Å². The molecule has 0 unspecified atom stereocenters.